The molecule has 0 atom stereocenters. The van der Waals surface area contributed by atoms with Gasteiger partial charge in [0.1, 0.15) is 11.6 Å². The van der Waals surface area contributed by atoms with E-state index in [-0.39, 0.29) is 53.3 Å². The van der Waals surface area contributed by atoms with Gasteiger partial charge in [-0.3, -0.25) is 19.4 Å². The van der Waals surface area contributed by atoms with Crippen LogP contribution in [0.1, 0.15) is 72.3 Å². The minimum Gasteiger partial charge on any atom is -0.415 e. The molecule has 9 rings (SSSR count). The third kappa shape index (κ3) is 11.5. The molecule has 7 aromatic rings. The smallest absolute Gasteiger partial charge is 0.324 e. The van der Waals surface area contributed by atoms with E-state index in [9.17, 15) is 36.7 Å². The molecule has 1 N–H and O–H groups in total. The van der Waals surface area contributed by atoms with Crippen molar-refractivity contribution in [3.8, 4) is 11.5 Å². The summed E-state index contributed by atoms with van der Waals surface area (Å²) in [5.74, 6) is -4.59. The summed E-state index contributed by atoms with van der Waals surface area (Å²) in [6.45, 7) is 1.86. The fourth-order valence-electron chi connectivity index (χ4n) is 8.71. The second-order valence-electron chi connectivity index (χ2n) is 17.5. The number of hydrogen-bond acceptors (Lipinski definition) is 7. The molecule has 5 amide bonds. The molecule has 71 heavy (non-hydrogen) atoms. The zero-order valence-corrected chi connectivity index (χ0v) is 39.0. The Hall–Kier alpha value is -7.64. The van der Waals surface area contributed by atoms with E-state index in [1.54, 1.807) is 14.7 Å². The van der Waals surface area contributed by atoms with E-state index in [4.69, 9.17) is 4.42 Å². The molecular formula is C51H51F6N9O5. The van der Waals surface area contributed by atoms with Crippen molar-refractivity contribution in [1.29, 1.82) is 0 Å². The number of likely N-dealkylation sites (tertiary alicyclic amines) is 2. The number of hydrogen-bond donors (Lipinski definition) is 1. The molecule has 2 aliphatic rings. The Bertz CT molecular complexity index is 3050. The van der Waals surface area contributed by atoms with Crippen LogP contribution in [0, 0.1) is 11.6 Å². The summed E-state index contributed by atoms with van der Waals surface area (Å²) in [6.07, 6.45) is 3.55. The van der Waals surface area contributed by atoms with E-state index in [2.05, 4.69) is 10.2 Å². The monoisotopic (exact) mass is 983 g/mol. The molecule has 5 heterocycles. The number of rotatable bonds is 12. The number of aromatic nitrogens is 4. The van der Waals surface area contributed by atoms with Crippen molar-refractivity contribution in [1.82, 2.24) is 34.4 Å². The van der Waals surface area contributed by atoms with Gasteiger partial charge < -0.3 is 28.7 Å². The molecule has 2 fully saturated rings. The van der Waals surface area contributed by atoms with Crippen molar-refractivity contribution >= 4 is 56.9 Å². The Morgan fingerprint density at radius 2 is 1.14 bits per heavy atom. The van der Waals surface area contributed by atoms with Gasteiger partial charge >= 0.3 is 24.9 Å². The number of nitrogens with one attached hydrogen (secondary N) is 1. The van der Waals surface area contributed by atoms with Crippen molar-refractivity contribution in [3.05, 3.63) is 132 Å². The number of aryl methyl sites for hydroxylation is 2. The summed E-state index contributed by atoms with van der Waals surface area (Å²) in [5, 5.41) is 10.6. The van der Waals surface area contributed by atoms with Gasteiger partial charge in [-0.05, 0) is 105 Å². The lowest BCUT2D eigenvalue weighted by atomic mass is 10.1. The summed E-state index contributed by atoms with van der Waals surface area (Å²) in [6, 6.07) is 22.8. The fourth-order valence-corrected chi connectivity index (χ4v) is 8.71. The number of carbonyl (C=O) groups excluding carboxylic acids is 4. The number of urea groups is 2. The topological polar surface area (TPSA) is 142 Å². The maximum absolute atomic E-state index is 15.1. The molecule has 0 spiro atoms. The van der Waals surface area contributed by atoms with Crippen molar-refractivity contribution in [3.63, 3.8) is 0 Å². The van der Waals surface area contributed by atoms with Gasteiger partial charge in [-0.1, -0.05) is 18.2 Å². The lowest BCUT2D eigenvalue weighted by molar-refractivity contribution is -0.131. The van der Waals surface area contributed by atoms with Gasteiger partial charge in [-0.15, -0.1) is 10.2 Å². The zero-order chi connectivity index (χ0) is 50.3. The fraction of sp³-hybridized carbons (Fsp3) is 0.333. The Balaban J connectivity index is 0.000000190. The lowest BCUT2D eigenvalue weighted by Gasteiger charge is -2.33. The van der Waals surface area contributed by atoms with Crippen molar-refractivity contribution < 1.29 is 49.9 Å². The van der Waals surface area contributed by atoms with Crippen LogP contribution < -0.4 is 15.1 Å². The standard InChI is InChI=1S/C26H27F3N4O3.C25H24F3N5O2/c1-31-12-9-17-13-20(7-8-22(17)31)33(26(36)32-10-3-2-4-11-32)16-19-6-5-18(14-21(19)27)23(34)15-30-25(35)24(28)29;1-31-12-9-16-13-19(7-8-21(16)31)33(25(34)32-10-3-2-4-11-32)15-18-6-5-17(14-20(18)26)23-29-30-24(35-23)22(27)28/h5-9,12-14,24H,2-4,10-11,15-16H2,1H3,(H,30,35);5-9,12-14,22H,2-4,10-11,15H2,1H3. The first-order chi connectivity index (χ1) is 34.1. The van der Waals surface area contributed by atoms with E-state index in [1.807, 2.05) is 89.5 Å². The van der Waals surface area contributed by atoms with Crippen molar-refractivity contribution in [2.45, 2.75) is 64.5 Å². The predicted molar refractivity (Wildman–Crippen MR) is 254 cm³/mol. The van der Waals surface area contributed by atoms with E-state index in [0.29, 0.717) is 37.6 Å². The number of amides is 5. The van der Waals surface area contributed by atoms with Crippen LogP contribution in [0.15, 0.2) is 102 Å². The number of halogens is 6. The third-order valence-corrected chi connectivity index (χ3v) is 12.7. The number of anilines is 2. The summed E-state index contributed by atoms with van der Waals surface area (Å²) in [5.41, 5.74) is 3.91. The number of Topliss-reactive ketones (excluding diaryl/α,β-unsaturated/α-hetero) is 1. The summed E-state index contributed by atoms with van der Waals surface area (Å²) in [7, 11) is 3.87. The van der Waals surface area contributed by atoms with Crippen LogP contribution in [0.5, 0.6) is 0 Å². The van der Waals surface area contributed by atoms with Gasteiger partial charge in [-0.2, -0.15) is 17.6 Å². The first-order valence-electron chi connectivity index (χ1n) is 23.2. The number of carbonyl (C=O) groups is 4. The number of ketones is 1. The second-order valence-corrected chi connectivity index (χ2v) is 17.5. The predicted octanol–water partition coefficient (Wildman–Crippen LogP) is 10.4. The van der Waals surface area contributed by atoms with Gasteiger partial charge in [-0.25, -0.2) is 18.4 Å². The highest BCUT2D eigenvalue weighted by molar-refractivity contribution is 6.00. The molecule has 2 saturated heterocycles. The quantitative estimate of drug-likeness (QED) is 0.0949. The molecule has 0 unspecified atom stereocenters. The Morgan fingerprint density at radius 3 is 1.61 bits per heavy atom. The van der Waals surface area contributed by atoms with Crippen LogP contribution in [-0.4, -0.2) is 92.0 Å². The molecule has 14 nitrogen and oxygen atoms in total. The van der Waals surface area contributed by atoms with Crippen LogP contribution in [0.2, 0.25) is 0 Å². The van der Waals surface area contributed by atoms with Gasteiger partial charge in [0.25, 0.3) is 11.8 Å². The Morgan fingerprint density at radius 1 is 0.634 bits per heavy atom. The number of piperidine rings is 2. The maximum atomic E-state index is 15.1. The van der Waals surface area contributed by atoms with Crippen LogP contribution in [0.3, 0.4) is 0 Å². The van der Waals surface area contributed by atoms with Gasteiger partial charge in [0, 0.05) is 108 Å². The summed E-state index contributed by atoms with van der Waals surface area (Å²) in [4.78, 5) is 56.9. The number of benzene rings is 4. The van der Waals surface area contributed by atoms with Gasteiger partial charge in [0.2, 0.25) is 5.89 Å². The average molecular weight is 984 g/mol. The van der Waals surface area contributed by atoms with E-state index in [0.717, 1.165) is 72.5 Å². The molecule has 0 aliphatic carbocycles. The third-order valence-electron chi connectivity index (χ3n) is 12.7. The molecule has 4 aromatic carbocycles. The average Bonchev–Trinajstić information content (AvgIpc) is 4.13. The minimum absolute atomic E-state index is 0.00586. The van der Waals surface area contributed by atoms with Crippen LogP contribution in [0.25, 0.3) is 33.3 Å². The van der Waals surface area contributed by atoms with E-state index < -0.39 is 48.6 Å². The zero-order valence-electron chi connectivity index (χ0n) is 39.0. The normalized spacial score (nSPS) is 13.9. The molecule has 372 valence electrons. The lowest BCUT2D eigenvalue weighted by Crippen LogP contribution is -2.45. The molecular weight excluding hydrogens is 933 g/mol. The molecule has 2 aliphatic heterocycles. The summed E-state index contributed by atoms with van der Waals surface area (Å²) >= 11 is 0. The second kappa shape index (κ2) is 22.0. The summed E-state index contributed by atoms with van der Waals surface area (Å²) < 4.78 is 89.3. The van der Waals surface area contributed by atoms with Crippen molar-refractivity contribution in [2.24, 2.45) is 14.1 Å². The minimum atomic E-state index is -3.24. The largest absolute Gasteiger partial charge is 0.415 e. The van der Waals surface area contributed by atoms with Gasteiger partial charge in [0.15, 0.2) is 5.78 Å². The maximum Gasteiger partial charge on any atom is 0.324 e. The van der Waals surface area contributed by atoms with Gasteiger partial charge in [0.05, 0.1) is 19.6 Å². The van der Waals surface area contributed by atoms with Crippen LogP contribution in [-0.2, 0) is 32.0 Å². The SMILES string of the molecule is Cn1ccc2cc(N(Cc3ccc(-c4nnc(C(F)F)o4)cc3F)C(=O)N3CCCCC3)ccc21.Cn1ccc2cc(N(Cc3ccc(C(=O)CNC(=O)C(F)F)cc3F)C(=O)N3CCCCC3)ccc21. The van der Waals surface area contributed by atoms with Crippen LogP contribution in [0.4, 0.5) is 47.3 Å². The Labute approximate surface area is 404 Å². The number of fused-ring (bicyclic) bond motifs is 2. The molecule has 20 heteroatoms. The van der Waals surface area contributed by atoms with E-state index >= 15 is 8.78 Å². The highest BCUT2D eigenvalue weighted by Crippen LogP contribution is 2.31. The first kappa shape index (κ1) is 49.8. The van der Waals surface area contributed by atoms with E-state index in [1.165, 1.54) is 29.2 Å². The number of alkyl halides is 4. The van der Waals surface area contributed by atoms with Crippen LogP contribution >= 0.6 is 0 Å². The molecule has 0 saturated carbocycles. The molecule has 3 aromatic heterocycles. The van der Waals surface area contributed by atoms with Crippen molar-refractivity contribution in [2.75, 3.05) is 42.5 Å². The highest BCUT2D eigenvalue weighted by Gasteiger charge is 2.28. The first-order valence-corrected chi connectivity index (χ1v) is 23.2. The highest BCUT2D eigenvalue weighted by atomic mass is 19.3. The number of nitrogens with zero attached hydrogens (tertiary/aromatic N) is 8. The molecule has 0 bridgehead atoms. The molecule has 0 radical (unpaired) electrons. The Kier molecular flexibility index (Phi) is 15.4.